The molecule has 0 atom stereocenters. The predicted molar refractivity (Wildman–Crippen MR) is 115 cm³/mol. The highest BCUT2D eigenvalue weighted by Gasteiger charge is 2.35. The van der Waals surface area contributed by atoms with Crippen LogP contribution in [0.15, 0.2) is 30.5 Å². The van der Waals surface area contributed by atoms with E-state index in [1.807, 2.05) is 12.1 Å². The minimum Gasteiger partial charge on any atom is -0.384 e. The lowest BCUT2D eigenvalue weighted by Gasteiger charge is -2.39. The quantitative estimate of drug-likeness (QED) is 0.667. The van der Waals surface area contributed by atoms with Crippen LogP contribution in [0.25, 0.3) is 10.9 Å². The molecule has 0 aliphatic carbocycles. The van der Waals surface area contributed by atoms with Crippen molar-refractivity contribution in [2.45, 2.75) is 43.8 Å². The summed E-state index contributed by atoms with van der Waals surface area (Å²) in [6.45, 7) is 4.58. The van der Waals surface area contributed by atoms with Gasteiger partial charge in [0, 0.05) is 55.9 Å². The number of aromatic nitrogens is 1. The van der Waals surface area contributed by atoms with Crippen molar-refractivity contribution in [2.24, 2.45) is 5.73 Å². The Balaban J connectivity index is 1.39. The van der Waals surface area contributed by atoms with Crippen LogP contribution in [0.4, 0.5) is 10.1 Å². The molecular weight excluding hydrogens is 369 g/mol. The smallest absolute Gasteiger partial charge is 0.219 e. The Morgan fingerprint density at radius 1 is 1.24 bits per heavy atom. The molecule has 29 heavy (non-hydrogen) atoms. The van der Waals surface area contributed by atoms with Gasteiger partial charge in [-0.2, -0.15) is 0 Å². The first kappa shape index (κ1) is 20.2. The largest absolute Gasteiger partial charge is 0.384 e. The summed E-state index contributed by atoms with van der Waals surface area (Å²) in [4.78, 5) is 13.3. The SMILES string of the molecule is NC(=O)CCNc1cccc2c1ccn2C1CCN(CC2(F)CCNCC2)CC1. The van der Waals surface area contributed by atoms with Gasteiger partial charge < -0.3 is 25.8 Å². The second kappa shape index (κ2) is 8.71. The van der Waals surface area contributed by atoms with Crippen LogP contribution < -0.4 is 16.4 Å². The van der Waals surface area contributed by atoms with Crippen molar-refractivity contribution in [3.63, 3.8) is 0 Å². The highest BCUT2D eigenvalue weighted by Crippen LogP contribution is 2.32. The number of benzene rings is 1. The van der Waals surface area contributed by atoms with E-state index < -0.39 is 5.67 Å². The van der Waals surface area contributed by atoms with Gasteiger partial charge in [0.15, 0.2) is 0 Å². The Morgan fingerprint density at radius 2 is 2.00 bits per heavy atom. The highest BCUT2D eigenvalue weighted by molar-refractivity contribution is 5.92. The summed E-state index contributed by atoms with van der Waals surface area (Å²) < 4.78 is 17.4. The predicted octanol–water partition coefficient (Wildman–Crippen LogP) is 2.66. The maximum absolute atomic E-state index is 15.0. The van der Waals surface area contributed by atoms with E-state index in [0.29, 0.717) is 38.4 Å². The molecule has 3 heterocycles. The number of hydrogen-bond donors (Lipinski definition) is 3. The molecule has 2 saturated heterocycles. The number of fused-ring (bicyclic) bond motifs is 1. The van der Waals surface area contributed by atoms with Crippen LogP contribution in [0, 0.1) is 0 Å². The van der Waals surface area contributed by atoms with Gasteiger partial charge in [-0.1, -0.05) is 6.07 Å². The number of hydrogen-bond acceptors (Lipinski definition) is 4. The molecule has 0 bridgehead atoms. The Bertz CT molecular complexity index is 837. The van der Waals surface area contributed by atoms with E-state index in [4.69, 9.17) is 5.73 Å². The number of alkyl halides is 1. The van der Waals surface area contributed by atoms with Crippen LogP contribution in [-0.2, 0) is 4.79 Å². The first-order chi connectivity index (χ1) is 14.0. The Labute approximate surface area is 171 Å². The average molecular weight is 402 g/mol. The fourth-order valence-corrected chi connectivity index (χ4v) is 4.77. The number of carbonyl (C=O) groups excluding carboxylic acids is 1. The van der Waals surface area contributed by atoms with Crippen molar-refractivity contribution in [1.29, 1.82) is 0 Å². The summed E-state index contributed by atoms with van der Waals surface area (Å²) in [6.07, 6.45) is 5.81. The molecule has 0 unspecified atom stereocenters. The number of carbonyl (C=O) groups is 1. The molecule has 0 spiro atoms. The maximum atomic E-state index is 15.0. The van der Waals surface area contributed by atoms with E-state index in [-0.39, 0.29) is 5.91 Å². The van der Waals surface area contributed by atoms with E-state index in [9.17, 15) is 4.79 Å². The third kappa shape index (κ3) is 4.73. The number of amides is 1. The molecule has 1 aromatic heterocycles. The van der Waals surface area contributed by atoms with Crippen LogP contribution in [0.5, 0.6) is 0 Å². The van der Waals surface area contributed by atoms with Gasteiger partial charge in [0.25, 0.3) is 0 Å². The molecule has 2 aliphatic heterocycles. The lowest BCUT2D eigenvalue weighted by Crippen LogP contribution is -2.48. The summed E-state index contributed by atoms with van der Waals surface area (Å²) >= 11 is 0. The van der Waals surface area contributed by atoms with Crippen molar-refractivity contribution in [1.82, 2.24) is 14.8 Å². The average Bonchev–Trinajstić information content (AvgIpc) is 3.14. The molecule has 6 nitrogen and oxygen atoms in total. The van der Waals surface area contributed by atoms with E-state index in [2.05, 4.69) is 38.4 Å². The Hall–Kier alpha value is -2.12. The first-order valence-electron chi connectivity index (χ1n) is 10.8. The minimum absolute atomic E-state index is 0.298. The van der Waals surface area contributed by atoms with Gasteiger partial charge in [0.1, 0.15) is 5.67 Å². The van der Waals surface area contributed by atoms with Gasteiger partial charge in [0.2, 0.25) is 5.91 Å². The summed E-state index contributed by atoms with van der Waals surface area (Å²) in [7, 11) is 0. The minimum atomic E-state index is -1.02. The van der Waals surface area contributed by atoms with Crippen LogP contribution in [-0.4, -0.2) is 60.3 Å². The molecular formula is C22H32FN5O. The van der Waals surface area contributed by atoms with Gasteiger partial charge in [-0.3, -0.25) is 4.79 Å². The molecule has 2 aromatic rings. The highest BCUT2D eigenvalue weighted by atomic mass is 19.1. The lowest BCUT2D eigenvalue weighted by atomic mass is 9.92. The van der Waals surface area contributed by atoms with Crippen LogP contribution >= 0.6 is 0 Å². The summed E-state index contributed by atoms with van der Waals surface area (Å²) in [5.41, 5.74) is 6.45. The van der Waals surface area contributed by atoms with Crippen molar-refractivity contribution in [2.75, 3.05) is 44.6 Å². The second-order valence-electron chi connectivity index (χ2n) is 8.51. The van der Waals surface area contributed by atoms with Gasteiger partial charge in [0.05, 0.1) is 5.52 Å². The van der Waals surface area contributed by atoms with Crippen LogP contribution in [0.1, 0.15) is 38.1 Å². The fourth-order valence-electron chi connectivity index (χ4n) is 4.77. The van der Waals surface area contributed by atoms with Gasteiger partial charge in [-0.15, -0.1) is 0 Å². The zero-order valence-electron chi connectivity index (χ0n) is 17.0. The summed E-state index contributed by atoms with van der Waals surface area (Å²) in [5, 5.41) is 7.74. The molecule has 0 saturated carbocycles. The molecule has 4 N–H and O–H groups in total. The Kier molecular flexibility index (Phi) is 6.06. The second-order valence-corrected chi connectivity index (χ2v) is 8.51. The van der Waals surface area contributed by atoms with E-state index in [1.54, 1.807) is 0 Å². The third-order valence-corrected chi connectivity index (χ3v) is 6.41. The van der Waals surface area contributed by atoms with Crippen molar-refractivity contribution < 1.29 is 9.18 Å². The van der Waals surface area contributed by atoms with Crippen molar-refractivity contribution >= 4 is 22.5 Å². The topological polar surface area (TPSA) is 75.3 Å². The number of anilines is 1. The number of nitrogens with two attached hydrogens (primary N) is 1. The number of piperidine rings is 2. The fraction of sp³-hybridized carbons (Fsp3) is 0.591. The van der Waals surface area contributed by atoms with Crippen LogP contribution in [0.2, 0.25) is 0 Å². The monoisotopic (exact) mass is 401 g/mol. The van der Waals surface area contributed by atoms with Crippen molar-refractivity contribution in [3.05, 3.63) is 30.5 Å². The number of nitrogens with zero attached hydrogens (tertiary/aromatic N) is 2. The molecule has 7 heteroatoms. The molecule has 1 amide bonds. The van der Waals surface area contributed by atoms with E-state index in [0.717, 1.165) is 50.1 Å². The van der Waals surface area contributed by atoms with Gasteiger partial charge >= 0.3 is 0 Å². The first-order valence-corrected chi connectivity index (χ1v) is 10.8. The number of nitrogens with one attached hydrogen (secondary N) is 2. The van der Waals surface area contributed by atoms with Gasteiger partial charge in [-0.25, -0.2) is 4.39 Å². The zero-order chi connectivity index (χ0) is 20.3. The molecule has 2 fully saturated rings. The zero-order valence-corrected chi connectivity index (χ0v) is 17.0. The molecule has 2 aliphatic rings. The maximum Gasteiger partial charge on any atom is 0.219 e. The standard InChI is InChI=1S/C22H32FN5O/c23-22(8-11-25-12-9-22)16-27-13-5-17(6-14-27)28-15-7-18-19(2-1-3-20(18)28)26-10-4-21(24)29/h1-3,7,15,17,25-26H,4-6,8-14,16H2,(H2,24,29). The number of likely N-dealkylation sites (tertiary alicyclic amines) is 1. The van der Waals surface area contributed by atoms with Crippen molar-refractivity contribution in [3.8, 4) is 0 Å². The summed E-state index contributed by atoms with van der Waals surface area (Å²) in [6, 6.07) is 8.81. The molecule has 4 rings (SSSR count). The number of rotatable bonds is 7. The molecule has 0 radical (unpaired) electrons. The Morgan fingerprint density at radius 3 is 2.72 bits per heavy atom. The lowest BCUT2D eigenvalue weighted by molar-refractivity contribution is -0.117. The normalized spacial score (nSPS) is 20.7. The van der Waals surface area contributed by atoms with Gasteiger partial charge in [-0.05, 0) is 57.0 Å². The van der Waals surface area contributed by atoms with E-state index in [1.165, 1.54) is 5.52 Å². The number of primary amides is 1. The van der Waals surface area contributed by atoms with E-state index >= 15 is 4.39 Å². The molecule has 1 aromatic carbocycles. The third-order valence-electron chi connectivity index (χ3n) is 6.41. The summed E-state index contributed by atoms with van der Waals surface area (Å²) in [5.74, 6) is -0.298. The molecule has 158 valence electrons. The number of halogens is 1. The van der Waals surface area contributed by atoms with Crippen LogP contribution in [0.3, 0.4) is 0 Å².